The highest BCUT2D eigenvalue weighted by atomic mass is 32.2. The van der Waals surface area contributed by atoms with Crippen molar-refractivity contribution < 1.29 is 10.3 Å². The normalized spacial score (nSPS) is 30.6. The predicted octanol–water partition coefficient (Wildman–Crippen LogP) is 1.57. The van der Waals surface area contributed by atoms with Crippen LogP contribution in [-0.2, 0) is 4.79 Å². The van der Waals surface area contributed by atoms with Gasteiger partial charge in [-0.3, -0.25) is 9.69 Å². The number of amides is 1. The number of rotatable bonds is 4. The molecular formula is C22H30N6OS. The second-order valence-corrected chi connectivity index (χ2v) is 9.01. The molecule has 3 aliphatic rings. The lowest BCUT2D eigenvalue weighted by atomic mass is 10.1. The van der Waals surface area contributed by atoms with Gasteiger partial charge >= 0.3 is 0 Å². The summed E-state index contributed by atoms with van der Waals surface area (Å²) >= 11 is 1.75. The van der Waals surface area contributed by atoms with Crippen molar-refractivity contribution in [2.24, 2.45) is 0 Å². The Kier molecular flexibility index (Phi) is 4.51. The number of thioether (sulfide) groups is 1. The van der Waals surface area contributed by atoms with E-state index in [1.54, 1.807) is 22.5 Å². The summed E-state index contributed by atoms with van der Waals surface area (Å²) in [5.41, 5.74) is 1.44. The number of aryl methyl sites for hydroxylation is 1. The van der Waals surface area contributed by atoms with Gasteiger partial charge in [-0.15, -0.1) is 11.8 Å². The molecule has 0 aliphatic carbocycles. The molecule has 1 aromatic heterocycles. The molecule has 5 rings (SSSR count). The topological polar surface area (TPSA) is 56.6 Å². The van der Waals surface area contributed by atoms with Gasteiger partial charge in [-0.25, -0.2) is 4.68 Å². The van der Waals surface area contributed by atoms with Crippen LogP contribution in [-0.4, -0.2) is 88.4 Å². The van der Waals surface area contributed by atoms with Crippen molar-refractivity contribution in [3.05, 3.63) is 42.1 Å². The molecule has 3 aliphatic heterocycles. The zero-order valence-electron chi connectivity index (χ0n) is 21.1. The first-order chi connectivity index (χ1) is 16.2. The van der Waals surface area contributed by atoms with E-state index < -0.39 is 13.0 Å². The van der Waals surface area contributed by atoms with Crippen LogP contribution in [0.1, 0.15) is 17.6 Å². The molecule has 4 heterocycles. The van der Waals surface area contributed by atoms with Crippen LogP contribution in [0, 0.1) is 6.92 Å². The first-order valence-corrected chi connectivity index (χ1v) is 11.6. The molecule has 30 heavy (non-hydrogen) atoms. The van der Waals surface area contributed by atoms with Gasteiger partial charge in [-0.05, 0) is 25.5 Å². The van der Waals surface area contributed by atoms with Gasteiger partial charge in [0.15, 0.2) is 0 Å². The highest BCUT2D eigenvalue weighted by molar-refractivity contribution is 7.99. The molecule has 3 saturated heterocycles. The summed E-state index contributed by atoms with van der Waals surface area (Å²) in [6.45, 7) is -0.737. The van der Waals surface area contributed by atoms with Crippen LogP contribution in [0.25, 0.3) is 5.69 Å². The number of hydrogen-bond donors (Lipinski definition) is 1. The van der Waals surface area contributed by atoms with Gasteiger partial charge in [0.25, 0.3) is 0 Å². The number of hydrogen-bond acceptors (Lipinski definition) is 6. The summed E-state index contributed by atoms with van der Waals surface area (Å²) in [6, 6.07) is 10.7. The molecule has 160 valence electrons. The van der Waals surface area contributed by atoms with Gasteiger partial charge < -0.3 is 15.1 Å². The second-order valence-electron chi connectivity index (χ2n) is 7.94. The zero-order valence-corrected chi connectivity index (χ0v) is 17.9. The predicted molar refractivity (Wildman–Crippen MR) is 121 cm³/mol. The summed E-state index contributed by atoms with van der Waals surface area (Å²) in [7, 11) is 0. The molecule has 3 fully saturated rings. The minimum absolute atomic E-state index is 0.0400. The molecule has 1 amide bonds. The number of para-hydroxylation sites is 1. The molecular weight excluding hydrogens is 396 g/mol. The Bertz CT molecular complexity index is 1030. The van der Waals surface area contributed by atoms with Crippen LogP contribution in [0.15, 0.2) is 36.4 Å². The average Bonchev–Trinajstić information content (AvgIpc) is 3.53. The van der Waals surface area contributed by atoms with Crippen LogP contribution in [0.4, 0.5) is 5.82 Å². The number of piperazine rings is 1. The monoisotopic (exact) mass is 430 g/mol. The van der Waals surface area contributed by atoms with Gasteiger partial charge in [-0.2, -0.15) is 5.10 Å². The van der Waals surface area contributed by atoms with Crippen LogP contribution in [0.5, 0.6) is 0 Å². The van der Waals surface area contributed by atoms with E-state index >= 15 is 0 Å². The van der Waals surface area contributed by atoms with Gasteiger partial charge in [-0.1, -0.05) is 18.2 Å². The number of nitrogens with one attached hydrogen (secondary N) is 1. The first-order valence-electron chi connectivity index (χ1n) is 12.4. The second kappa shape index (κ2) is 8.61. The summed E-state index contributed by atoms with van der Waals surface area (Å²) in [5, 5.41) is 7.82. The largest absolute Gasteiger partial charge is 0.354 e. The van der Waals surface area contributed by atoms with Crippen molar-refractivity contribution in [3.63, 3.8) is 0 Å². The molecule has 0 saturated carbocycles. The molecule has 0 radical (unpaired) electrons. The van der Waals surface area contributed by atoms with E-state index in [-0.39, 0.29) is 31.1 Å². The lowest BCUT2D eigenvalue weighted by Crippen LogP contribution is -2.51. The number of aromatic nitrogens is 2. The molecule has 0 bridgehead atoms. The maximum atomic E-state index is 12.8. The van der Waals surface area contributed by atoms with E-state index in [1.165, 1.54) is 4.90 Å². The molecule has 2 atom stereocenters. The third-order valence-corrected chi connectivity index (χ3v) is 6.86. The number of carbonyl (C=O) groups excluding carboxylic acids is 1. The lowest BCUT2D eigenvalue weighted by Gasteiger charge is -2.38. The highest BCUT2D eigenvalue weighted by Gasteiger charge is 2.36. The zero-order chi connectivity index (χ0) is 24.1. The summed E-state index contributed by atoms with van der Waals surface area (Å²) in [5.74, 6) is 2.17. The van der Waals surface area contributed by atoms with E-state index in [0.717, 1.165) is 23.9 Å². The highest BCUT2D eigenvalue weighted by Crippen LogP contribution is 2.25. The number of nitrogens with zero attached hydrogens (tertiary/aromatic N) is 5. The van der Waals surface area contributed by atoms with Crippen molar-refractivity contribution in [2.45, 2.75) is 25.4 Å². The lowest BCUT2D eigenvalue weighted by molar-refractivity contribution is -0.131. The summed E-state index contributed by atoms with van der Waals surface area (Å²) in [6.07, 6.45) is 0.563. The quantitative estimate of drug-likeness (QED) is 0.795. The van der Waals surface area contributed by atoms with E-state index in [1.807, 2.05) is 47.1 Å². The molecule has 2 aromatic rings. The van der Waals surface area contributed by atoms with Crippen LogP contribution in [0.3, 0.4) is 0 Å². The SMILES string of the molecule is [2H]C1([2H])CN([C@@H]2CN[C@H](C(=O)N3CCSC3)C2)CC([2H])([2H])N1c1cc(C)nn1-c1ccccc1. The number of anilines is 1. The van der Waals surface area contributed by atoms with Gasteiger partial charge in [0.1, 0.15) is 5.82 Å². The minimum Gasteiger partial charge on any atom is -0.354 e. The van der Waals surface area contributed by atoms with E-state index in [4.69, 9.17) is 5.48 Å². The van der Waals surface area contributed by atoms with Crippen LogP contribution >= 0.6 is 11.8 Å². The molecule has 0 unspecified atom stereocenters. The van der Waals surface area contributed by atoms with E-state index in [0.29, 0.717) is 24.5 Å². The standard InChI is InChI=1S/C22H30N6OS/c1-17-13-21(28(24-17)18-5-3-2-4-6-18)26-9-7-25(8-10-26)19-14-20(23-15-19)22(29)27-11-12-30-16-27/h2-6,13,19-20,23H,7-12,14-16H2,1H3/t19-,20-/m0/s1/i9D2,10D2. The van der Waals surface area contributed by atoms with E-state index in [9.17, 15) is 4.79 Å². The summed E-state index contributed by atoms with van der Waals surface area (Å²) in [4.78, 5) is 17.8. The van der Waals surface area contributed by atoms with Crippen molar-refractivity contribution >= 4 is 23.5 Å². The number of benzene rings is 1. The Balaban J connectivity index is 1.37. The van der Waals surface area contributed by atoms with Gasteiger partial charge in [0, 0.05) is 57.0 Å². The Hall–Kier alpha value is -2.03. The van der Waals surface area contributed by atoms with Crippen molar-refractivity contribution in [2.75, 3.05) is 55.7 Å². The average molecular weight is 431 g/mol. The van der Waals surface area contributed by atoms with E-state index in [2.05, 4.69) is 10.4 Å². The maximum Gasteiger partial charge on any atom is 0.240 e. The minimum atomic E-state index is -1.98. The van der Waals surface area contributed by atoms with Gasteiger partial charge in [0.05, 0.1) is 28.8 Å². The van der Waals surface area contributed by atoms with Crippen molar-refractivity contribution in [1.82, 2.24) is 24.9 Å². The van der Waals surface area contributed by atoms with Crippen molar-refractivity contribution in [3.8, 4) is 5.69 Å². The fourth-order valence-electron chi connectivity index (χ4n) is 4.25. The molecule has 7 nitrogen and oxygen atoms in total. The Morgan fingerprint density at radius 1 is 1.23 bits per heavy atom. The molecule has 8 heteroatoms. The molecule has 0 spiro atoms. The fraction of sp³-hybridized carbons (Fsp3) is 0.545. The first kappa shape index (κ1) is 15.7. The van der Waals surface area contributed by atoms with Crippen molar-refractivity contribution in [1.29, 1.82) is 0 Å². The fourth-order valence-corrected chi connectivity index (χ4v) is 5.21. The van der Waals surface area contributed by atoms with Gasteiger partial charge in [0.2, 0.25) is 5.91 Å². The summed E-state index contributed by atoms with van der Waals surface area (Å²) < 4.78 is 37.1. The third kappa shape index (κ3) is 3.96. The molecule has 1 aromatic carbocycles. The Labute approximate surface area is 188 Å². The van der Waals surface area contributed by atoms with Crippen LogP contribution in [0.2, 0.25) is 0 Å². The number of carbonyl (C=O) groups is 1. The Morgan fingerprint density at radius 3 is 2.77 bits per heavy atom. The maximum absolute atomic E-state index is 12.8. The smallest absolute Gasteiger partial charge is 0.240 e. The molecule has 1 N–H and O–H groups in total. The Morgan fingerprint density at radius 2 is 2.03 bits per heavy atom. The third-order valence-electron chi connectivity index (χ3n) is 5.89. The van der Waals surface area contributed by atoms with Crippen LogP contribution < -0.4 is 10.2 Å².